The van der Waals surface area contributed by atoms with Gasteiger partial charge in [0.05, 0.1) is 11.7 Å². The minimum atomic E-state index is -0.455. The van der Waals surface area contributed by atoms with E-state index >= 15 is 0 Å². The van der Waals surface area contributed by atoms with E-state index in [-0.39, 0.29) is 5.54 Å². The summed E-state index contributed by atoms with van der Waals surface area (Å²) in [6, 6.07) is 15.5. The van der Waals surface area contributed by atoms with Gasteiger partial charge in [0.1, 0.15) is 23.6 Å². The van der Waals surface area contributed by atoms with Crippen molar-refractivity contribution in [2.24, 2.45) is 5.73 Å². The lowest BCUT2D eigenvalue weighted by molar-refractivity contribution is 0.243. The highest BCUT2D eigenvalue weighted by Crippen LogP contribution is 2.39. The molecule has 0 unspecified atom stereocenters. The Kier molecular flexibility index (Phi) is 5.94. The Morgan fingerprint density at radius 1 is 1.06 bits per heavy atom. The summed E-state index contributed by atoms with van der Waals surface area (Å²) in [6.07, 6.45) is 6.92. The number of nitrogens with zero attached hydrogens (tertiary/aromatic N) is 3. The van der Waals surface area contributed by atoms with Crippen LogP contribution in [0.1, 0.15) is 36.1 Å². The molecule has 2 aromatic heterocycles. The molecule has 8 nitrogen and oxygen atoms in total. The molecule has 2 aromatic carbocycles. The van der Waals surface area contributed by atoms with Gasteiger partial charge < -0.3 is 21.1 Å². The Balaban J connectivity index is 1.33. The van der Waals surface area contributed by atoms with Crippen LogP contribution >= 0.6 is 0 Å². The van der Waals surface area contributed by atoms with E-state index in [4.69, 9.17) is 10.5 Å². The third-order valence-electron chi connectivity index (χ3n) is 6.38. The molecule has 1 saturated carbocycles. The van der Waals surface area contributed by atoms with E-state index in [2.05, 4.69) is 37.7 Å². The standard InChI is InChI=1S/C27H28N6O2/c1-17-13-20(5-8-24(17)35-21-6-3-18(2)29-15-21)32-25-22-14-19(4-7-23(22)30-16-31-25)9-10-27(11-12-27)33-26(28)34/h3-8,13-16H,9-12H2,1-2H3,(H3,28,33,34)(H,30,31,32). The first kappa shape index (κ1) is 22.6. The second-order valence-corrected chi connectivity index (χ2v) is 9.19. The number of nitrogens with two attached hydrogens (primary N) is 1. The molecule has 178 valence electrons. The zero-order chi connectivity index (χ0) is 24.4. The van der Waals surface area contributed by atoms with Crippen molar-refractivity contribution in [3.05, 3.63) is 77.9 Å². The number of benzene rings is 2. The van der Waals surface area contributed by atoms with Crippen molar-refractivity contribution in [1.82, 2.24) is 20.3 Å². The molecular weight excluding hydrogens is 440 g/mol. The maximum atomic E-state index is 11.3. The molecule has 8 heteroatoms. The fraction of sp³-hybridized carbons (Fsp3) is 0.259. The normalized spacial score (nSPS) is 13.9. The zero-order valence-corrected chi connectivity index (χ0v) is 19.8. The van der Waals surface area contributed by atoms with Gasteiger partial charge in [-0.25, -0.2) is 14.8 Å². The second kappa shape index (κ2) is 9.21. The van der Waals surface area contributed by atoms with Gasteiger partial charge in [-0.2, -0.15) is 0 Å². The number of carbonyl (C=O) groups excluding carboxylic acids is 1. The number of ether oxygens (including phenoxy) is 1. The molecule has 4 N–H and O–H groups in total. The van der Waals surface area contributed by atoms with E-state index in [1.807, 2.05) is 50.2 Å². The molecule has 5 rings (SSSR count). The number of pyridine rings is 1. The summed E-state index contributed by atoms with van der Waals surface area (Å²) in [7, 11) is 0. The molecule has 0 saturated heterocycles. The number of rotatable bonds is 8. The largest absolute Gasteiger partial charge is 0.455 e. The summed E-state index contributed by atoms with van der Waals surface area (Å²) in [5.41, 5.74) is 10.1. The predicted molar refractivity (Wildman–Crippen MR) is 136 cm³/mol. The molecule has 0 atom stereocenters. The smallest absolute Gasteiger partial charge is 0.312 e. The molecular formula is C27H28N6O2. The minimum Gasteiger partial charge on any atom is -0.455 e. The van der Waals surface area contributed by atoms with Crippen molar-refractivity contribution in [2.75, 3.05) is 5.32 Å². The number of hydrogen-bond donors (Lipinski definition) is 3. The maximum absolute atomic E-state index is 11.3. The molecule has 35 heavy (non-hydrogen) atoms. The lowest BCUT2D eigenvalue weighted by atomic mass is 10.0. The molecule has 0 radical (unpaired) electrons. The molecule has 0 spiro atoms. The highest BCUT2D eigenvalue weighted by molar-refractivity contribution is 5.91. The Hall–Kier alpha value is -4.20. The number of carbonyl (C=O) groups is 1. The number of hydrogen-bond acceptors (Lipinski definition) is 6. The summed E-state index contributed by atoms with van der Waals surface area (Å²) in [5.74, 6) is 2.21. The number of aryl methyl sites for hydroxylation is 3. The lowest BCUT2D eigenvalue weighted by Crippen LogP contribution is -2.40. The van der Waals surface area contributed by atoms with Gasteiger partial charge in [0.15, 0.2) is 0 Å². The molecule has 1 fully saturated rings. The van der Waals surface area contributed by atoms with Gasteiger partial charge in [0.2, 0.25) is 0 Å². The first-order valence-electron chi connectivity index (χ1n) is 11.7. The third-order valence-corrected chi connectivity index (χ3v) is 6.38. The molecule has 1 aliphatic rings. The van der Waals surface area contributed by atoms with Crippen molar-refractivity contribution in [1.29, 1.82) is 0 Å². The van der Waals surface area contributed by atoms with Crippen LogP contribution in [-0.2, 0) is 6.42 Å². The van der Waals surface area contributed by atoms with Gasteiger partial charge >= 0.3 is 6.03 Å². The quantitative estimate of drug-likeness (QED) is 0.323. The minimum absolute atomic E-state index is 0.148. The average Bonchev–Trinajstić information content (AvgIpc) is 3.60. The summed E-state index contributed by atoms with van der Waals surface area (Å²) < 4.78 is 5.99. The Labute approximate surface area is 204 Å². The monoisotopic (exact) mass is 468 g/mol. The lowest BCUT2D eigenvalue weighted by Gasteiger charge is -2.16. The SMILES string of the molecule is Cc1ccc(Oc2ccc(Nc3ncnc4ccc(CCC5(NC(N)=O)CC5)cc34)cc2C)cn1. The van der Waals surface area contributed by atoms with Gasteiger partial charge in [-0.05, 0) is 93.1 Å². The van der Waals surface area contributed by atoms with Gasteiger partial charge in [-0.3, -0.25) is 4.98 Å². The van der Waals surface area contributed by atoms with Crippen LogP contribution in [0.2, 0.25) is 0 Å². The number of urea groups is 1. The van der Waals surface area contributed by atoms with E-state index < -0.39 is 6.03 Å². The third kappa shape index (κ3) is 5.32. The first-order valence-corrected chi connectivity index (χ1v) is 11.7. The van der Waals surface area contributed by atoms with Gasteiger partial charge in [-0.15, -0.1) is 0 Å². The van der Waals surface area contributed by atoms with E-state index in [1.165, 1.54) is 5.56 Å². The van der Waals surface area contributed by atoms with Crippen LogP contribution in [0, 0.1) is 13.8 Å². The van der Waals surface area contributed by atoms with Crippen LogP contribution in [0.15, 0.2) is 61.1 Å². The molecule has 1 aliphatic carbocycles. The van der Waals surface area contributed by atoms with Crippen LogP contribution in [0.3, 0.4) is 0 Å². The van der Waals surface area contributed by atoms with Crippen LogP contribution in [-0.4, -0.2) is 26.5 Å². The van der Waals surface area contributed by atoms with Crippen molar-refractivity contribution in [2.45, 2.75) is 45.1 Å². The van der Waals surface area contributed by atoms with Crippen LogP contribution in [0.5, 0.6) is 11.5 Å². The van der Waals surface area contributed by atoms with Crippen molar-refractivity contribution in [3.63, 3.8) is 0 Å². The average molecular weight is 469 g/mol. The van der Waals surface area contributed by atoms with E-state index in [0.717, 1.165) is 65.1 Å². The Morgan fingerprint density at radius 3 is 2.63 bits per heavy atom. The number of fused-ring (bicyclic) bond motifs is 1. The van der Waals surface area contributed by atoms with Crippen LogP contribution in [0.4, 0.5) is 16.3 Å². The van der Waals surface area contributed by atoms with Gasteiger partial charge in [-0.1, -0.05) is 6.07 Å². The van der Waals surface area contributed by atoms with Crippen molar-refractivity contribution < 1.29 is 9.53 Å². The zero-order valence-electron chi connectivity index (χ0n) is 19.8. The first-order chi connectivity index (χ1) is 16.9. The van der Waals surface area contributed by atoms with E-state index in [0.29, 0.717) is 5.75 Å². The number of amides is 2. The van der Waals surface area contributed by atoms with E-state index in [1.54, 1.807) is 12.5 Å². The topological polar surface area (TPSA) is 115 Å². The van der Waals surface area contributed by atoms with Crippen molar-refractivity contribution >= 4 is 28.4 Å². The Bertz CT molecular complexity index is 1380. The van der Waals surface area contributed by atoms with Gasteiger partial charge in [0, 0.05) is 22.3 Å². The Morgan fingerprint density at radius 2 is 1.91 bits per heavy atom. The van der Waals surface area contributed by atoms with Crippen molar-refractivity contribution in [3.8, 4) is 11.5 Å². The molecule has 0 bridgehead atoms. The maximum Gasteiger partial charge on any atom is 0.312 e. The fourth-order valence-electron chi connectivity index (χ4n) is 4.21. The summed E-state index contributed by atoms with van der Waals surface area (Å²) >= 11 is 0. The number of primary amides is 1. The van der Waals surface area contributed by atoms with E-state index in [9.17, 15) is 4.79 Å². The second-order valence-electron chi connectivity index (χ2n) is 9.19. The number of nitrogens with one attached hydrogen (secondary N) is 2. The molecule has 2 amide bonds. The summed E-state index contributed by atoms with van der Waals surface area (Å²) in [4.78, 5) is 24.5. The summed E-state index contributed by atoms with van der Waals surface area (Å²) in [5, 5.41) is 7.27. The number of anilines is 2. The predicted octanol–water partition coefficient (Wildman–Crippen LogP) is 5.31. The summed E-state index contributed by atoms with van der Waals surface area (Å²) in [6.45, 7) is 3.95. The molecule has 4 aromatic rings. The number of aromatic nitrogens is 3. The fourth-order valence-corrected chi connectivity index (χ4v) is 4.21. The highest BCUT2D eigenvalue weighted by atomic mass is 16.5. The highest BCUT2D eigenvalue weighted by Gasteiger charge is 2.42. The van der Waals surface area contributed by atoms with Crippen LogP contribution in [0.25, 0.3) is 10.9 Å². The van der Waals surface area contributed by atoms with Crippen LogP contribution < -0.4 is 21.1 Å². The molecule has 2 heterocycles. The van der Waals surface area contributed by atoms with Gasteiger partial charge in [0.25, 0.3) is 0 Å². The molecule has 0 aliphatic heterocycles.